The Morgan fingerprint density at radius 2 is 2.26 bits per heavy atom. The van der Waals surface area contributed by atoms with Crippen LogP contribution in [0.3, 0.4) is 0 Å². The molecule has 0 aliphatic rings. The highest BCUT2D eigenvalue weighted by Crippen LogP contribution is 2.27. The van der Waals surface area contributed by atoms with Crippen LogP contribution in [-0.4, -0.2) is 25.6 Å². The molecule has 106 valence electrons. The van der Waals surface area contributed by atoms with Gasteiger partial charge in [-0.05, 0) is 31.9 Å². The number of nitrogens with one attached hydrogen (secondary N) is 1. The largest absolute Gasteiger partial charge is 0.493 e. The molecule has 0 aliphatic heterocycles. The summed E-state index contributed by atoms with van der Waals surface area (Å²) in [6.45, 7) is 2.42. The van der Waals surface area contributed by atoms with Crippen LogP contribution in [0.15, 0.2) is 18.2 Å². The Balaban J connectivity index is 2.57. The van der Waals surface area contributed by atoms with Crippen molar-refractivity contribution in [1.82, 2.24) is 5.32 Å². The van der Waals surface area contributed by atoms with Crippen LogP contribution in [0.25, 0.3) is 0 Å². The molecule has 1 aromatic carbocycles. The summed E-state index contributed by atoms with van der Waals surface area (Å²) in [6, 6.07) is 5.58. The quantitative estimate of drug-likeness (QED) is 0.754. The maximum Gasteiger partial charge on any atom is 0.219 e. The van der Waals surface area contributed by atoms with Gasteiger partial charge >= 0.3 is 0 Å². The predicted octanol–water partition coefficient (Wildman–Crippen LogP) is 2.13. The molecule has 19 heavy (non-hydrogen) atoms. The number of benzene rings is 1. The minimum Gasteiger partial charge on any atom is -0.493 e. The van der Waals surface area contributed by atoms with E-state index in [9.17, 15) is 4.79 Å². The van der Waals surface area contributed by atoms with E-state index < -0.39 is 0 Å². The maximum absolute atomic E-state index is 11.1. The molecule has 0 saturated carbocycles. The molecule has 0 aromatic heterocycles. The van der Waals surface area contributed by atoms with Crippen LogP contribution in [0, 0.1) is 0 Å². The molecule has 0 saturated heterocycles. The molecule has 0 radical (unpaired) electrons. The van der Waals surface area contributed by atoms with Crippen molar-refractivity contribution in [2.45, 2.75) is 32.2 Å². The van der Waals surface area contributed by atoms with Crippen molar-refractivity contribution in [2.75, 3.05) is 13.7 Å². The van der Waals surface area contributed by atoms with Crippen molar-refractivity contribution in [3.05, 3.63) is 28.8 Å². The molecule has 1 unspecified atom stereocenters. The first kappa shape index (κ1) is 15.8. The fraction of sp³-hybridized carbons (Fsp3) is 0.500. The van der Waals surface area contributed by atoms with Crippen LogP contribution >= 0.6 is 11.6 Å². The van der Waals surface area contributed by atoms with Gasteiger partial charge in [0.1, 0.15) is 5.75 Å². The fourth-order valence-electron chi connectivity index (χ4n) is 1.73. The van der Waals surface area contributed by atoms with Gasteiger partial charge in [-0.15, -0.1) is 0 Å². The zero-order chi connectivity index (χ0) is 14.3. The third-order valence-electron chi connectivity index (χ3n) is 2.69. The van der Waals surface area contributed by atoms with E-state index in [1.807, 2.05) is 25.1 Å². The second-order valence-electron chi connectivity index (χ2n) is 4.52. The molecule has 1 rings (SSSR count). The molecule has 1 atom stereocenters. The van der Waals surface area contributed by atoms with Gasteiger partial charge in [0.25, 0.3) is 0 Å². The molecule has 3 N–H and O–H groups in total. The lowest BCUT2D eigenvalue weighted by Crippen LogP contribution is -2.19. The van der Waals surface area contributed by atoms with Gasteiger partial charge in [0.05, 0.1) is 6.61 Å². The maximum atomic E-state index is 11.1. The van der Waals surface area contributed by atoms with Crippen LogP contribution in [0.2, 0.25) is 5.02 Å². The van der Waals surface area contributed by atoms with Gasteiger partial charge in [-0.25, -0.2) is 0 Å². The first-order valence-corrected chi connectivity index (χ1v) is 6.78. The van der Waals surface area contributed by atoms with E-state index in [2.05, 4.69) is 5.32 Å². The van der Waals surface area contributed by atoms with Crippen LogP contribution in [0.5, 0.6) is 5.75 Å². The van der Waals surface area contributed by atoms with E-state index in [1.54, 1.807) is 7.05 Å². The van der Waals surface area contributed by atoms with E-state index in [0.717, 1.165) is 11.3 Å². The monoisotopic (exact) mass is 284 g/mol. The third-order valence-corrected chi connectivity index (χ3v) is 3.04. The summed E-state index contributed by atoms with van der Waals surface area (Å²) < 4.78 is 5.69. The number of rotatable bonds is 7. The molecule has 4 nitrogen and oxygen atoms in total. The molecule has 1 amide bonds. The topological polar surface area (TPSA) is 64.3 Å². The van der Waals surface area contributed by atoms with E-state index in [-0.39, 0.29) is 11.9 Å². The number of halogens is 1. The van der Waals surface area contributed by atoms with E-state index in [0.29, 0.717) is 30.9 Å². The second-order valence-corrected chi connectivity index (χ2v) is 4.93. The molecule has 1 aromatic rings. The van der Waals surface area contributed by atoms with Crippen molar-refractivity contribution >= 4 is 17.5 Å². The molecule has 5 heteroatoms. The molecule has 0 fully saturated rings. The minimum atomic E-state index is 0.0190. The lowest BCUT2D eigenvalue weighted by Gasteiger charge is -2.14. The molecule has 0 bridgehead atoms. The number of carbonyl (C=O) groups excluding carboxylic acids is 1. The van der Waals surface area contributed by atoms with Crippen molar-refractivity contribution in [3.63, 3.8) is 0 Å². The van der Waals surface area contributed by atoms with Gasteiger partial charge in [0.2, 0.25) is 5.91 Å². The standard InChI is InChI=1S/C14H21ClN2O2/c1-10(16)9-11-12(15)5-3-6-13(11)19-8-4-7-14(18)17-2/h3,5-6,10H,4,7-9,16H2,1-2H3,(H,17,18). The molecular weight excluding hydrogens is 264 g/mol. The van der Waals surface area contributed by atoms with E-state index in [1.165, 1.54) is 0 Å². The molecule has 0 heterocycles. The van der Waals surface area contributed by atoms with Gasteiger partial charge in [-0.3, -0.25) is 4.79 Å². The highest BCUT2D eigenvalue weighted by atomic mass is 35.5. The van der Waals surface area contributed by atoms with Crippen LogP contribution < -0.4 is 15.8 Å². The van der Waals surface area contributed by atoms with Gasteiger partial charge in [0.15, 0.2) is 0 Å². The van der Waals surface area contributed by atoms with E-state index in [4.69, 9.17) is 22.1 Å². The normalized spacial score (nSPS) is 12.0. The summed E-state index contributed by atoms with van der Waals surface area (Å²) in [4.78, 5) is 11.1. The van der Waals surface area contributed by atoms with Crippen LogP contribution in [0.1, 0.15) is 25.3 Å². The summed E-state index contributed by atoms with van der Waals surface area (Å²) >= 11 is 6.16. The lowest BCUT2D eigenvalue weighted by molar-refractivity contribution is -0.120. The predicted molar refractivity (Wildman–Crippen MR) is 77.6 cm³/mol. The average Bonchev–Trinajstić information content (AvgIpc) is 2.37. The second kappa shape index (κ2) is 8.02. The van der Waals surface area contributed by atoms with Crippen LogP contribution in [-0.2, 0) is 11.2 Å². The minimum absolute atomic E-state index is 0.0190. The first-order chi connectivity index (χ1) is 9.04. The van der Waals surface area contributed by atoms with Gasteiger partial charge < -0.3 is 15.8 Å². The van der Waals surface area contributed by atoms with E-state index >= 15 is 0 Å². The number of nitrogens with two attached hydrogens (primary N) is 1. The Kier molecular flexibility index (Phi) is 6.67. The number of ether oxygens (including phenoxy) is 1. The summed E-state index contributed by atoms with van der Waals surface area (Å²) in [5, 5.41) is 3.25. The first-order valence-electron chi connectivity index (χ1n) is 6.41. The Morgan fingerprint density at radius 3 is 2.89 bits per heavy atom. The molecule has 0 spiro atoms. The zero-order valence-corrected chi connectivity index (χ0v) is 12.2. The highest BCUT2D eigenvalue weighted by molar-refractivity contribution is 6.31. The third kappa shape index (κ3) is 5.49. The lowest BCUT2D eigenvalue weighted by atomic mass is 10.1. The van der Waals surface area contributed by atoms with Gasteiger partial charge in [0, 0.05) is 30.1 Å². The Bertz CT molecular complexity index is 422. The Labute approximate surface area is 119 Å². The Morgan fingerprint density at radius 1 is 1.53 bits per heavy atom. The van der Waals surface area contributed by atoms with Gasteiger partial charge in [-0.1, -0.05) is 17.7 Å². The molecule has 0 aliphatic carbocycles. The Hall–Kier alpha value is -1.26. The van der Waals surface area contributed by atoms with Crippen molar-refractivity contribution in [2.24, 2.45) is 5.73 Å². The number of hydrogen-bond donors (Lipinski definition) is 2. The fourth-order valence-corrected chi connectivity index (χ4v) is 1.98. The molecular formula is C14H21ClN2O2. The van der Waals surface area contributed by atoms with Crippen molar-refractivity contribution < 1.29 is 9.53 Å². The summed E-state index contributed by atoms with van der Waals surface area (Å²) in [7, 11) is 1.63. The van der Waals surface area contributed by atoms with Crippen molar-refractivity contribution in [1.29, 1.82) is 0 Å². The summed E-state index contributed by atoms with van der Waals surface area (Å²) in [6.07, 6.45) is 1.80. The number of carbonyl (C=O) groups is 1. The summed E-state index contributed by atoms with van der Waals surface area (Å²) in [5.74, 6) is 0.771. The smallest absolute Gasteiger partial charge is 0.219 e. The zero-order valence-electron chi connectivity index (χ0n) is 11.4. The summed E-state index contributed by atoms with van der Waals surface area (Å²) in [5.41, 5.74) is 6.74. The highest BCUT2D eigenvalue weighted by Gasteiger charge is 2.10. The van der Waals surface area contributed by atoms with Crippen LogP contribution in [0.4, 0.5) is 0 Å². The van der Waals surface area contributed by atoms with Crippen molar-refractivity contribution in [3.8, 4) is 5.75 Å². The SMILES string of the molecule is CNC(=O)CCCOc1cccc(Cl)c1CC(C)N. The average molecular weight is 285 g/mol. The number of hydrogen-bond acceptors (Lipinski definition) is 3. The van der Waals surface area contributed by atoms with Gasteiger partial charge in [-0.2, -0.15) is 0 Å². The number of amides is 1.